The standard InChI is InChI=1S/C22H21N5O7/c1-4-34-17-8-6-5-7-16(17)26-20-18(27(30)31)19(23-12-24-20)25-15-10-13(21(28)32-2)9-14(11-15)22(29)33-3/h5-12H,4H2,1-3H3,(H2,23,24,25,26). The summed E-state index contributed by atoms with van der Waals surface area (Å²) in [6.45, 7) is 2.22. The first-order valence-corrected chi connectivity index (χ1v) is 9.94. The van der Waals surface area contributed by atoms with Crippen LogP contribution < -0.4 is 15.4 Å². The molecule has 34 heavy (non-hydrogen) atoms. The molecule has 0 aliphatic carbocycles. The molecule has 0 bridgehead atoms. The van der Waals surface area contributed by atoms with Gasteiger partial charge < -0.3 is 24.8 Å². The number of ether oxygens (including phenoxy) is 3. The molecule has 2 aromatic carbocycles. The molecule has 176 valence electrons. The fourth-order valence-electron chi connectivity index (χ4n) is 3.02. The smallest absolute Gasteiger partial charge is 0.353 e. The van der Waals surface area contributed by atoms with Crippen LogP contribution in [0.5, 0.6) is 5.75 Å². The molecule has 0 aliphatic heterocycles. The van der Waals surface area contributed by atoms with Gasteiger partial charge in [0.15, 0.2) is 0 Å². The Labute approximate surface area is 194 Å². The lowest BCUT2D eigenvalue weighted by Gasteiger charge is -2.13. The van der Waals surface area contributed by atoms with Gasteiger partial charge in [-0.05, 0) is 37.3 Å². The lowest BCUT2D eigenvalue weighted by Crippen LogP contribution is -2.09. The Morgan fingerprint density at radius 1 is 0.971 bits per heavy atom. The molecule has 0 atom stereocenters. The first kappa shape index (κ1) is 23.9. The van der Waals surface area contributed by atoms with Crippen molar-refractivity contribution >= 4 is 40.6 Å². The first-order valence-electron chi connectivity index (χ1n) is 9.94. The van der Waals surface area contributed by atoms with E-state index in [9.17, 15) is 19.7 Å². The van der Waals surface area contributed by atoms with Gasteiger partial charge in [-0.1, -0.05) is 12.1 Å². The molecule has 12 nitrogen and oxygen atoms in total. The average Bonchev–Trinajstić information content (AvgIpc) is 2.84. The number of para-hydroxylation sites is 2. The zero-order valence-corrected chi connectivity index (χ0v) is 18.5. The highest BCUT2D eigenvalue weighted by Gasteiger charge is 2.25. The van der Waals surface area contributed by atoms with Gasteiger partial charge >= 0.3 is 17.6 Å². The monoisotopic (exact) mass is 467 g/mol. The van der Waals surface area contributed by atoms with E-state index in [0.717, 1.165) is 6.33 Å². The molecule has 0 radical (unpaired) electrons. The number of hydrogen-bond acceptors (Lipinski definition) is 11. The van der Waals surface area contributed by atoms with Crippen LogP contribution in [0.1, 0.15) is 27.6 Å². The van der Waals surface area contributed by atoms with Crippen molar-refractivity contribution in [2.45, 2.75) is 6.92 Å². The number of anilines is 4. The van der Waals surface area contributed by atoms with Gasteiger partial charge in [-0.2, -0.15) is 0 Å². The molecule has 0 amide bonds. The van der Waals surface area contributed by atoms with E-state index in [2.05, 4.69) is 20.6 Å². The Morgan fingerprint density at radius 3 is 2.12 bits per heavy atom. The molecule has 1 aromatic heterocycles. The summed E-state index contributed by atoms with van der Waals surface area (Å²) in [5.41, 5.74) is 0.252. The third-order valence-corrected chi connectivity index (χ3v) is 4.48. The minimum Gasteiger partial charge on any atom is -0.492 e. The molecule has 0 spiro atoms. The normalized spacial score (nSPS) is 10.2. The van der Waals surface area contributed by atoms with E-state index < -0.39 is 22.5 Å². The molecule has 0 fully saturated rings. The Hall–Kier alpha value is -4.74. The van der Waals surface area contributed by atoms with Crippen molar-refractivity contribution in [3.05, 3.63) is 70.0 Å². The molecule has 0 saturated heterocycles. The summed E-state index contributed by atoms with van der Waals surface area (Å²) < 4.78 is 15.0. The highest BCUT2D eigenvalue weighted by molar-refractivity contribution is 5.97. The minimum absolute atomic E-state index is 0.0357. The van der Waals surface area contributed by atoms with Gasteiger partial charge in [0.05, 0.1) is 42.6 Å². The molecule has 12 heteroatoms. The maximum atomic E-state index is 12.0. The number of benzene rings is 2. The van der Waals surface area contributed by atoms with Crippen molar-refractivity contribution in [3.63, 3.8) is 0 Å². The molecule has 0 aliphatic rings. The van der Waals surface area contributed by atoms with Crippen LogP contribution in [0.3, 0.4) is 0 Å². The van der Waals surface area contributed by atoms with Crippen LogP contribution >= 0.6 is 0 Å². The number of carbonyl (C=O) groups is 2. The van der Waals surface area contributed by atoms with E-state index in [4.69, 9.17) is 14.2 Å². The Morgan fingerprint density at radius 2 is 1.56 bits per heavy atom. The summed E-state index contributed by atoms with van der Waals surface area (Å²) in [7, 11) is 2.38. The molecule has 2 N–H and O–H groups in total. The molecule has 1 heterocycles. The zero-order valence-electron chi connectivity index (χ0n) is 18.5. The maximum Gasteiger partial charge on any atom is 0.353 e. The predicted molar refractivity (Wildman–Crippen MR) is 122 cm³/mol. The molecular formula is C22H21N5O7. The minimum atomic E-state index is -0.708. The number of nitrogens with zero attached hydrogens (tertiary/aromatic N) is 3. The second kappa shape index (κ2) is 10.7. The molecule has 3 aromatic rings. The highest BCUT2D eigenvalue weighted by Crippen LogP contribution is 2.35. The van der Waals surface area contributed by atoms with Crippen LogP contribution in [0.4, 0.5) is 28.7 Å². The quantitative estimate of drug-likeness (QED) is 0.268. The van der Waals surface area contributed by atoms with Crippen LogP contribution in [-0.2, 0) is 9.47 Å². The topological polar surface area (TPSA) is 155 Å². The molecular weight excluding hydrogens is 446 g/mol. The summed E-state index contributed by atoms with van der Waals surface area (Å²) >= 11 is 0. The Kier molecular flexibility index (Phi) is 7.54. The van der Waals surface area contributed by atoms with E-state index in [1.807, 2.05) is 6.92 Å². The maximum absolute atomic E-state index is 12.0. The van der Waals surface area contributed by atoms with Gasteiger partial charge in [-0.15, -0.1) is 0 Å². The number of esters is 2. The van der Waals surface area contributed by atoms with Gasteiger partial charge in [0, 0.05) is 5.69 Å². The SMILES string of the molecule is CCOc1ccccc1Nc1ncnc(Nc2cc(C(=O)OC)cc(C(=O)OC)c2)c1[N+](=O)[O-]. The van der Waals surface area contributed by atoms with Crippen molar-refractivity contribution in [1.82, 2.24) is 9.97 Å². The number of methoxy groups -OCH3 is 2. The third kappa shape index (κ3) is 5.35. The van der Waals surface area contributed by atoms with Crippen LogP contribution in [0.15, 0.2) is 48.8 Å². The summed E-state index contributed by atoms with van der Waals surface area (Å²) in [6.07, 6.45) is 1.13. The zero-order chi connectivity index (χ0) is 24.7. The van der Waals surface area contributed by atoms with E-state index in [-0.39, 0.29) is 28.5 Å². The number of nitro groups is 1. The van der Waals surface area contributed by atoms with E-state index in [1.165, 1.54) is 32.4 Å². The molecule has 0 unspecified atom stereocenters. The second-order valence-electron chi connectivity index (χ2n) is 6.64. The van der Waals surface area contributed by atoms with Gasteiger partial charge in [-0.25, -0.2) is 19.6 Å². The first-order chi connectivity index (χ1) is 16.4. The Balaban J connectivity index is 2.04. The lowest BCUT2D eigenvalue weighted by atomic mass is 10.1. The largest absolute Gasteiger partial charge is 0.492 e. The van der Waals surface area contributed by atoms with Crippen molar-refractivity contribution in [1.29, 1.82) is 0 Å². The van der Waals surface area contributed by atoms with Crippen LogP contribution in [0, 0.1) is 10.1 Å². The number of carbonyl (C=O) groups excluding carboxylic acids is 2. The number of hydrogen-bond donors (Lipinski definition) is 2. The number of nitrogens with one attached hydrogen (secondary N) is 2. The highest BCUT2D eigenvalue weighted by atomic mass is 16.6. The second-order valence-corrected chi connectivity index (χ2v) is 6.64. The van der Waals surface area contributed by atoms with Gasteiger partial charge in [0.25, 0.3) is 0 Å². The van der Waals surface area contributed by atoms with Crippen molar-refractivity contribution < 1.29 is 28.7 Å². The van der Waals surface area contributed by atoms with E-state index >= 15 is 0 Å². The third-order valence-electron chi connectivity index (χ3n) is 4.48. The van der Waals surface area contributed by atoms with Crippen molar-refractivity contribution in [2.24, 2.45) is 0 Å². The van der Waals surface area contributed by atoms with Crippen LogP contribution in [0.2, 0.25) is 0 Å². The van der Waals surface area contributed by atoms with Crippen LogP contribution in [-0.4, -0.2) is 47.7 Å². The Bertz CT molecular complexity index is 1200. The summed E-state index contributed by atoms with van der Waals surface area (Å²) in [5.74, 6) is -1.19. The van der Waals surface area contributed by atoms with Gasteiger partial charge in [0.1, 0.15) is 12.1 Å². The van der Waals surface area contributed by atoms with E-state index in [1.54, 1.807) is 24.3 Å². The van der Waals surface area contributed by atoms with Gasteiger partial charge in [-0.3, -0.25) is 10.1 Å². The van der Waals surface area contributed by atoms with Crippen molar-refractivity contribution in [2.75, 3.05) is 31.5 Å². The summed E-state index contributed by atoms with van der Waals surface area (Å²) in [5, 5.41) is 17.6. The van der Waals surface area contributed by atoms with E-state index in [0.29, 0.717) is 18.0 Å². The fraction of sp³-hybridized carbons (Fsp3) is 0.182. The molecule has 3 rings (SSSR count). The fourth-order valence-corrected chi connectivity index (χ4v) is 3.02. The van der Waals surface area contributed by atoms with Crippen LogP contribution in [0.25, 0.3) is 0 Å². The number of rotatable bonds is 9. The van der Waals surface area contributed by atoms with Gasteiger partial charge in [0.2, 0.25) is 11.6 Å². The lowest BCUT2D eigenvalue weighted by molar-refractivity contribution is -0.383. The summed E-state index contributed by atoms with van der Waals surface area (Å²) in [6, 6.07) is 10.9. The molecule has 0 saturated carbocycles. The predicted octanol–water partition coefficient (Wildman–Crippen LogP) is 3.84. The number of aromatic nitrogens is 2. The van der Waals surface area contributed by atoms with Crippen molar-refractivity contribution in [3.8, 4) is 5.75 Å². The average molecular weight is 467 g/mol. The summed E-state index contributed by atoms with van der Waals surface area (Å²) in [4.78, 5) is 43.4.